The molecule has 3 aromatic heterocycles. The van der Waals surface area contributed by atoms with E-state index in [1.807, 2.05) is 42.6 Å². The van der Waals surface area contributed by atoms with Crippen LogP contribution in [0.1, 0.15) is 0 Å². The molecular formula is C31H27N7O. The molecule has 1 aliphatic rings. The molecule has 0 saturated carbocycles. The first-order valence-electron chi connectivity index (χ1n) is 13.0. The summed E-state index contributed by atoms with van der Waals surface area (Å²) < 4.78 is 5.53. The number of imidazole rings is 1. The Morgan fingerprint density at radius 3 is 2.49 bits per heavy atom. The molecule has 192 valence electrons. The van der Waals surface area contributed by atoms with E-state index in [1.165, 1.54) is 5.69 Å². The number of benzene rings is 3. The second kappa shape index (κ2) is 10.1. The molecule has 8 heteroatoms. The van der Waals surface area contributed by atoms with Crippen LogP contribution in [-0.2, 0) is 4.74 Å². The number of nitrogens with zero attached hydrogens (tertiary/aromatic N) is 4. The van der Waals surface area contributed by atoms with Crippen LogP contribution in [0.3, 0.4) is 0 Å². The summed E-state index contributed by atoms with van der Waals surface area (Å²) in [6, 6.07) is 26.8. The van der Waals surface area contributed by atoms with Gasteiger partial charge in [-0.05, 0) is 66.7 Å². The molecule has 3 aromatic carbocycles. The zero-order valence-electron chi connectivity index (χ0n) is 21.3. The monoisotopic (exact) mass is 513 g/mol. The van der Waals surface area contributed by atoms with Crippen molar-refractivity contribution >= 4 is 50.4 Å². The van der Waals surface area contributed by atoms with Crippen LogP contribution in [0.5, 0.6) is 0 Å². The van der Waals surface area contributed by atoms with Crippen LogP contribution in [0.15, 0.2) is 97.5 Å². The molecule has 6 aromatic rings. The molecule has 0 bridgehead atoms. The van der Waals surface area contributed by atoms with E-state index in [1.54, 1.807) is 12.4 Å². The van der Waals surface area contributed by atoms with Gasteiger partial charge in [-0.2, -0.15) is 0 Å². The average Bonchev–Trinajstić information content (AvgIpc) is 3.42. The quantitative estimate of drug-likeness (QED) is 0.234. The molecule has 0 amide bonds. The first-order chi connectivity index (χ1) is 19.3. The summed E-state index contributed by atoms with van der Waals surface area (Å²) >= 11 is 0. The maximum Gasteiger partial charge on any atom is 0.138 e. The molecular weight excluding hydrogens is 486 g/mol. The lowest BCUT2D eigenvalue weighted by atomic mass is 10.1. The number of aromatic nitrogens is 4. The van der Waals surface area contributed by atoms with E-state index in [-0.39, 0.29) is 0 Å². The molecule has 1 fully saturated rings. The Balaban J connectivity index is 1.16. The second-order valence-electron chi connectivity index (χ2n) is 9.54. The third kappa shape index (κ3) is 4.85. The Bertz CT molecular complexity index is 1760. The average molecular weight is 514 g/mol. The number of ether oxygens (including phenoxy) is 1. The lowest BCUT2D eigenvalue weighted by Gasteiger charge is -2.29. The lowest BCUT2D eigenvalue weighted by molar-refractivity contribution is 0.122. The Morgan fingerprint density at radius 1 is 0.744 bits per heavy atom. The van der Waals surface area contributed by atoms with Gasteiger partial charge in [0.2, 0.25) is 0 Å². The fourth-order valence-corrected chi connectivity index (χ4v) is 4.99. The van der Waals surface area contributed by atoms with Gasteiger partial charge < -0.3 is 25.3 Å². The van der Waals surface area contributed by atoms with Gasteiger partial charge in [-0.25, -0.2) is 4.98 Å². The van der Waals surface area contributed by atoms with E-state index in [2.05, 4.69) is 72.9 Å². The molecule has 1 aliphatic heterocycles. The maximum atomic E-state index is 5.53. The SMILES string of the molecule is c1cc(Nc2ccnc3ccc(N4CCOCC4)cc23)cc(-c2nc3ccc(Nc4ccncc4)cc3[nH]2)c1. The zero-order valence-corrected chi connectivity index (χ0v) is 21.3. The molecule has 8 nitrogen and oxygen atoms in total. The van der Waals surface area contributed by atoms with Crippen molar-refractivity contribution < 1.29 is 4.74 Å². The van der Waals surface area contributed by atoms with Gasteiger partial charge in [0.1, 0.15) is 5.82 Å². The number of hydrogen-bond donors (Lipinski definition) is 3. The number of morpholine rings is 1. The Hall–Kier alpha value is -4.95. The smallest absolute Gasteiger partial charge is 0.138 e. The summed E-state index contributed by atoms with van der Waals surface area (Å²) in [5.74, 6) is 0.823. The number of anilines is 5. The maximum absolute atomic E-state index is 5.53. The minimum absolute atomic E-state index is 0.757. The van der Waals surface area contributed by atoms with Crippen molar-refractivity contribution in [3.63, 3.8) is 0 Å². The summed E-state index contributed by atoms with van der Waals surface area (Å²) in [5.41, 5.74) is 9.02. The summed E-state index contributed by atoms with van der Waals surface area (Å²) in [7, 11) is 0. The number of rotatable bonds is 6. The molecule has 0 unspecified atom stereocenters. The van der Waals surface area contributed by atoms with Gasteiger partial charge in [0.15, 0.2) is 0 Å². The van der Waals surface area contributed by atoms with Crippen LogP contribution in [0.25, 0.3) is 33.3 Å². The van der Waals surface area contributed by atoms with Crippen molar-refractivity contribution in [1.29, 1.82) is 0 Å². The van der Waals surface area contributed by atoms with Crippen molar-refractivity contribution in [1.82, 2.24) is 19.9 Å². The topological polar surface area (TPSA) is 91.0 Å². The minimum atomic E-state index is 0.757. The van der Waals surface area contributed by atoms with Crippen LogP contribution in [0.4, 0.5) is 28.4 Å². The Labute approximate surface area is 225 Å². The molecule has 0 radical (unpaired) electrons. The minimum Gasteiger partial charge on any atom is -0.378 e. The highest BCUT2D eigenvalue weighted by atomic mass is 16.5. The molecule has 0 aliphatic carbocycles. The van der Waals surface area contributed by atoms with Crippen molar-refractivity contribution in [3.8, 4) is 11.4 Å². The predicted molar refractivity (Wildman–Crippen MR) is 157 cm³/mol. The van der Waals surface area contributed by atoms with E-state index in [0.29, 0.717) is 0 Å². The van der Waals surface area contributed by atoms with Crippen LogP contribution in [-0.4, -0.2) is 46.2 Å². The largest absolute Gasteiger partial charge is 0.378 e. The van der Waals surface area contributed by atoms with Crippen LogP contribution < -0.4 is 15.5 Å². The fourth-order valence-electron chi connectivity index (χ4n) is 4.99. The standard InChI is InChI=1S/C31H27N7O/c1-2-21(31-36-29-6-4-24(19-30(29)37-31)34-22-8-11-32-12-9-22)18-23(3-1)35-28-10-13-33-27-7-5-25(20-26(27)28)38-14-16-39-17-15-38/h1-13,18-20H,14-17H2,(H,32,34)(H,33,35)(H,36,37). The van der Waals surface area contributed by atoms with Crippen molar-refractivity contribution in [2.45, 2.75) is 0 Å². The van der Waals surface area contributed by atoms with E-state index >= 15 is 0 Å². The highest BCUT2D eigenvalue weighted by Gasteiger charge is 2.13. The van der Waals surface area contributed by atoms with Crippen LogP contribution in [0, 0.1) is 0 Å². The van der Waals surface area contributed by atoms with Gasteiger partial charge in [-0.1, -0.05) is 12.1 Å². The number of fused-ring (bicyclic) bond motifs is 2. The van der Waals surface area contributed by atoms with E-state index in [0.717, 1.165) is 82.4 Å². The molecule has 0 spiro atoms. The molecule has 4 heterocycles. The predicted octanol–water partition coefficient (Wildman–Crippen LogP) is 6.50. The van der Waals surface area contributed by atoms with Crippen LogP contribution >= 0.6 is 0 Å². The van der Waals surface area contributed by atoms with Crippen molar-refractivity contribution in [2.75, 3.05) is 41.8 Å². The number of aromatic amines is 1. The van der Waals surface area contributed by atoms with Gasteiger partial charge in [-0.3, -0.25) is 9.97 Å². The van der Waals surface area contributed by atoms with Gasteiger partial charge in [0.05, 0.1) is 29.8 Å². The molecule has 0 atom stereocenters. The number of hydrogen-bond acceptors (Lipinski definition) is 7. The van der Waals surface area contributed by atoms with Crippen LogP contribution in [0.2, 0.25) is 0 Å². The number of pyridine rings is 2. The highest BCUT2D eigenvalue weighted by Crippen LogP contribution is 2.31. The van der Waals surface area contributed by atoms with E-state index in [9.17, 15) is 0 Å². The number of nitrogens with one attached hydrogen (secondary N) is 3. The first kappa shape index (κ1) is 23.2. The summed E-state index contributed by atoms with van der Waals surface area (Å²) in [6.45, 7) is 3.31. The zero-order chi connectivity index (χ0) is 26.0. The molecule has 3 N–H and O–H groups in total. The van der Waals surface area contributed by atoms with Crippen molar-refractivity contribution in [2.24, 2.45) is 0 Å². The first-order valence-corrected chi connectivity index (χ1v) is 13.0. The third-order valence-electron chi connectivity index (χ3n) is 6.97. The molecule has 7 rings (SSSR count). The number of H-pyrrole nitrogens is 1. The van der Waals surface area contributed by atoms with Gasteiger partial charge >= 0.3 is 0 Å². The second-order valence-corrected chi connectivity index (χ2v) is 9.54. The molecule has 1 saturated heterocycles. The lowest BCUT2D eigenvalue weighted by Crippen LogP contribution is -2.36. The third-order valence-corrected chi connectivity index (χ3v) is 6.97. The highest BCUT2D eigenvalue weighted by molar-refractivity contribution is 5.95. The van der Waals surface area contributed by atoms with Gasteiger partial charge in [-0.15, -0.1) is 0 Å². The van der Waals surface area contributed by atoms with E-state index in [4.69, 9.17) is 9.72 Å². The van der Waals surface area contributed by atoms with Gasteiger partial charge in [0.25, 0.3) is 0 Å². The Kier molecular flexibility index (Phi) is 5.99. The van der Waals surface area contributed by atoms with E-state index < -0.39 is 0 Å². The Morgan fingerprint density at radius 2 is 1.59 bits per heavy atom. The fraction of sp³-hybridized carbons (Fsp3) is 0.129. The summed E-state index contributed by atoms with van der Waals surface area (Å²) in [4.78, 5) is 19.4. The van der Waals surface area contributed by atoms with Gasteiger partial charge in [0, 0.05) is 71.1 Å². The summed E-state index contributed by atoms with van der Waals surface area (Å²) in [5, 5.41) is 8.11. The molecule has 39 heavy (non-hydrogen) atoms. The summed E-state index contributed by atoms with van der Waals surface area (Å²) in [6.07, 6.45) is 5.39. The normalized spacial score (nSPS) is 13.6. The van der Waals surface area contributed by atoms with Crippen molar-refractivity contribution in [3.05, 3.63) is 97.5 Å².